The zero-order valence-corrected chi connectivity index (χ0v) is 12.3. The monoisotopic (exact) mass is 299 g/mol. The van der Waals surface area contributed by atoms with Crippen molar-refractivity contribution < 1.29 is 9.18 Å². The number of hydrazone groups is 1. The van der Waals surface area contributed by atoms with Gasteiger partial charge in [-0.15, -0.1) is 0 Å². The lowest BCUT2D eigenvalue weighted by Crippen LogP contribution is -2.36. The molecule has 0 heterocycles. The van der Waals surface area contributed by atoms with Gasteiger partial charge >= 0.3 is 0 Å². The van der Waals surface area contributed by atoms with Gasteiger partial charge in [0.05, 0.1) is 6.21 Å². The average molecular weight is 299 g/mol. The van der Waals surface area contributed by atoms with Crippen LogP contribution in [0.15, 0.2) is 59.7 Å². The first-order valence-electron chi connectivity index (χ1n) is 7.09. The van der Waals surface area contributed by atoms with Crippen molar-refractivity contribution in [3.05, 3.63) is 66.0 Å². The highest BCUT2D eigenvalue weighted by molar-refractivity contribution is 5.86. The number of hydrogen-bond acceptors (Lipinski definition) is 3. The molecule has 0 saturated heterocycles. The molecule has 1 amide bonds. The third-order valence-corrected chi connectivity index (χ3v) is 3.10. The number of hydrogen-bond donors (Lipinski definition) is 2. The molecule has 22 heavy (non-hydrogen) atoms. The van der Waals surface area contributed by atoms with Crippen LogP contribution in [-0.4, -0.2) is 18.2 Å². The normalized spacial score (nSPS) is 12.1. The second-order valence-electron chi connectivity index (χ2n) is 4.76. The lowest BCUT2D eigenvalue weighted by molar-refractivity contribution is -0.121. The minimum atomic E-state index is -0.368. The molecule has 0 aromatic heterocycles. The van der Waals surface area contributed by atoms with E-state index in [-0.39, 0.29) is 17.8 Å². The molecule has 4 nitrogen and oxygen atoms in total. The number of amides is 1. The SMILES string of the molecule is CCC(Nc1ccccc1)C(=O)NN=Cc1ccc(F)cc1. The van der Waals surface area contributed by atoms with Gasteiger partial charge in [-0.3, -0.25) is 4.79 Å². The molecule has 0 radical (unpaired) electrons. The van der Waals surface area contributed by atoms with Gasteiger partial charge < -0.3 is 5.32 Å². The van der Waals surface area contributed by atoms with Crippen molar-refractivity contribution in [1.29, 1.82) is 0 Å². The summed E-state index contributed by atoms with van der Waals surface area (Å²) < 4.78 is 12.8. The molecule has 2 aromatic carbocycles. The molecule has 0 saturated carbocycles. The first-order valence-corrected chi connectivity index (χ1v) is 7.09. The number of carbonyl (C=O) groups is 1. The molecule has 0 aliphatic heterocycles. The fourth-order valence-electron chi connectivity index (χ4n) is 1.89. The van der Waals surface area contributed by atoms with Crippen LogP contribution in [0.5, 0.6) is 0 Å². The molecule has 0 spiro atoms. The van der Waals surface area contributed by atoms with E-state index in [9.17, 15) is 9.18 Å². The zero-order valence-electron chi connectivity index (χ0n) is 12.3. The van der Waals surface area contributed by atoms with Crippen LogP contribution in [0.1, 0.15) is 18.9 Å². The molecule has 114 valence electrons. The zero-order chi connectivity index (χ0) is 15.8. The number of rotatable bonds is 6. The van der Waals surface area contributed by atoms with Crippen LogP contribution in [0.25, 0.3) is 0 Å². The van der Waals surface area contributed by atoms with Crippen LogP contribution in [0.4, 0.5) is 10.1 Å². The van der Waals surface area contributed by atoms with E-state index >= 15 is 0 Å². The Hall–Kier alpha value is -2.69. The first-order chi connectivity index (χ1) is 10.7. The van der Waals surface area contributed by atoms with Crippen molar-refractivity contribution in [1.82, 2.24) is 5.43 Å². The van der Waals surface area contributed by atoms with Gasteiger partial charge in [-0.25, -0.2) is 9.82 Å². The van der Waals surface area contributed by atoms with E-state index in [2.05, 4.69) is 15.8 Å². The van der Waals surface area contributed by atoms with E-state index in [4.69, 9.17) is 0 Å². The molecule has 0 aliphatic carbocycles. The minimum Gasteiger partial charge on any atom is -0.374 e. The maximum atomic E-state index is 12.8. The van der Waals surface area contributed by atoms with Crippen LogP contribution in [0, 0.1) is 5.82 Å². The van der Waals surface area contributed by atoms with Crippen molar-refractivity contribution in [3.8, 4) is 0 Å². The van der Waals surface area contributed by atoms with Gasteiger partial charge in [-0.05, 0) is 36.2 Å². The predicted molar refractivity (Wildman–Crippen MR) is 86.3 cm³/mol. The van der Waals surface area contributed by atoms with E-state index in [0.717, 1.165) is 5.69 Å². The molecule has 2 rings (SSSR count). The van der Waals surface area contributed by atoms with Crippen LogP contribution in [0.2, 0.25) is 0 Å². The van der Waals surface area contributed by atoms with Crippen LogP contribution in [-0.2, 0) is 4.79 Å². The smallest absolute Gasteiger partial charge is 0.262 e. The van der Waals surface area contributed by atoms with Gasteiger partial charge in [0.1, 0.15) is 11.9 Å². The Kier molecular flexibility index (Phi) is 5.65. The number of carbonyl (C=O) groups excluding carboxylic acids is 1. The Labute approximate surface area is 129 Å². The Morgan fingerprint density at radius 2 is 1.86 bits per heavy atom. The van der Waals surface area contributed by atoms with E-state index in [0.29, 0.717) is 12.0 Å². The number of halogens is 1. The summed E-state index contributed by atoms with van der Waals surface area (Å²) in [5.41, 5.74) is 4.09. The molecule has 5 heteroatoms. The Bertz CT molecular complexity index is 626. The van der Waals surface area contributed by atoms with Gasteiger partial charge in [0.2, 0.25) is 0 Å². The van der Waals surface area contributed by atoms with Crippen molar-refractivity contribution in [2.45, 2.75) is 19.4 Å². The Morgan fingerprint density at radius 1 is 1.18 bits per heavy atom. The number of anilines is 1. The summed E-state index contributed by atoms with van der Waals surface area (Å²) in [5.74, 6) is -0.524. The van der Waals surface area contributed by atoms with Crippen LogP contribution in [0.3, 0.4) is 0 Å². The van der Waals surface area contributed by atoms with E-state index in [1.54, 1.807) is 12.1 Å². The molecule has 0 bridgehead atoms. The minimum absolute atomic E-state index is 0.218. The number of para-hydroxylation sites is 1. The van der Waals surface area contributed by atoms with Crippen LogP contribution >= 0.6 is 0 Å². The molecule has 0 aliphatic rings. The number of nitrogens with zero attached hydrogens (tertiary/aromatic N) is 1. The maximum absolute atomic E-state index is 12.8. The summed E-state index contributed by atoms with van der Waals surface area (Å²) >= 11 is 0. The second kappa shape index (κ2) is 7.93. The second-order valence-corrected chi connectivity index (χ2v) is 4.76. The summed E-state index contributed by atoms with van der Waals surface area (Å²) in [6.07, 6.45) is 2.11. The van der Waals surface area contributed by atoms with Crippen molar-refractivity contribution in [2.75, 3.05) is 5.32 Å². The fourth-order valence-corrected chi connectivity index (χ4v) is 1.89. The molecular weight excluding hydrogens is 281 g/mol. The molecule has 1 atom stereocenters. The Balaban J connectivity index is 1.90. The summed E-state index contributed by atoms with van der Waals surface area (Å²) in [6.45, 7) is 1.92. The quantitative estimate of drug-likeness (QED) is 0.636. The highest BCUT2D eigenvalue weighted by Crippen LogP contribution is 2.09. The largest absolute Gasteiger partial charge is 0.374 e. The highest BCUT2D eigenvalue weighted by Gasteiger charge is 2.15. The highest BCUT2D eigenvalue weighted by atomic mass is 19.1. The molecule has 0 fully saturated rings. The van der Waals surface area contributed by atoms with Crippen molar-refractivity contribution >= 4 is 17.8 Å². The lowest BCUT2D eigenvalue weighted by Gasteiger charge is -2.16. The number of benzene rings is 2. The average Bonchev–Trinajstić information content (AvgIpc) is 2.55. The van der Waals surface area contributed by atoms with Gasteiger partial charge in [-0.2, -0.15) is 5.10 Å². The topological polar surface area (TPSA) is 53.5 Å². The van der Waals surface area contributed by atoms with Crippen LogP contribution < -0.4 is 10.7 Å². The fraction of sp³-hybridized carbons (Fsp3) is 0.176. The Morgan fingerprint density at radius 3 is 2.50 bits per heavy atom. The van der Waals surface area contributed by atoms with Gasteiger partial charge in [0.25, 0.3) is 5.91 Å². The molecular formula is C17H18FN3O. The maximum Gasteiger partial charge on any atom is 0.262 e. The molecule has 2 N–H and O–H groups in total. The lowest BCUT2D eigenvalue weighted by atomic mass is 10.2. The summed E-state index contributed by atoms with van der Waals surface area (Å²) in [7, 11) is 0. The van der Waals surface area contributed by atoms with E-state index in [1.807, 2.05) is 37.3 Å². The van der Waals surface area contributed by atoms with Crippen molar-refractivity contribution in [3.63, 3.8) is 0 Å². The van der Waals surface area contributed by atoms with Crippen molar-refractivity contribution in [2.24, 2.45) is 5.10 Å². The van der Waals surface area contributed by atoms with E-state index < -0.39 is 0 Å². The van der Waals surface area contributed by atoms with Gasteiger partial charge in [0.15, 0.2) is 0 Å². The third-order valence-electron chi connectivity index (χ3n) is 3.10. The predicted octanol–water partition coefficient (Wildman–Crippen LogP) is 3.17. The first kappa shape index (κ1) is 15.7. The number of nitrogens with one attached hydrogen (secondary N) is 2. The summed E-state index contributed by atoms with van der Waals surface area (Å²) in [4.78, 5) is 12.1. The molecule has 1 unspecified atom stereocenters. The third kappa shape index (κ3) is 4.70. The standard InChI is InChI=1S/C17H18FN3O/c1-2-16(20-15-6-4-3-5-7-15)17(22)21-19-12-13-8-10-14(18)11-9-13/h3-12,16,20H,2H2,1H3,(H,21,22). The van der Waals surface area contributed by atoms with E-state index in [1.165, 1.54) is 18.3 Å². The summed E-state index contributed by atoms with van der Waals surface area (Å²) in [5, 5.41) is 7.04. The summed E-state index contributed by atoms with van der Waals surface area (Å²) in [6, 6.07) is 15.0. The molecule has 2 aromatic rings. The van der Waals surface area contributed by atoms with Gasteiger partial charge in [0, 0.05) is 5.69 Å². The van der Waals surface area contributed by atoms with Gasteiger partial charge in [-0.1, -0.05) is 37.3 Å².